The highest BCUT2D eigenvalue weighted by Crippen LogP contribution is 2.43. The zero-order valence-electron chi connectivity index (χ0n) is 15.9. The van der Waals surface area contributed by atoms with Crippen LogP contribution in [0.25, 0.3) is 0 Å². The van der Waals surface area contributed by atoms with Gasteiger partial charge in [-0.1, -0.05) is 55.0 Å². The van der Waals surface area contributed by atoms with Gasteiger partial charge in [-0.05, 0) is 37.0 Å². The van der Waals surface area contributed by atoms with Crippen LogP contribution in [0.5, 0.6) is 0 Å². The second-order valence-electron chi connectivity index (χ2n) is 8.01. The fourth-order valence-electron chi connectivity index (χ4n) is 4.35. The average Bonchev–Trinajstić information content (AvgIpc) is 3.09. The van der Waals surface area contributed by atoms with E-state index in [-0.39, 0.29) is 11.3 Å². The van der Waals surface area contributed by atoms with E-state index < -0.39 is 0 Å². The molecule has 0 spiro atoms. The van der Waals surface area contributed by atoms with Crippen LogP contribution in [0.15, 0.2) is 60.7 Å². The molecular formula is C23H29N3O. The van der Waals surface area contributed by atoms with Gasteiger partial charge < -0.3 is 10.6 Å². The monoisotopic (exact) mass is 363 g/mol. The average molecular weight is 364 g/mol. The number of nitrogens with one attached hydrogen (secondary N) is 2. The molecule has 2 fully saturated rings. The minimum absolute atomic E-state index is 0.151. The molecule has 1 heterocycles. The third kappa shape index (κ3) is 4.33. The van der Waals surface area contributed by atoms with Gasteiger partial charge in [-0.15, -0.1) is 0 Å². The molecule has 1 saturated carbocycles. The molecule has 1 unspecified atom stereocenters. The van der Waals surface area contributed by atoms with E-state index in [1.165, 1.54) is 24.8 Å². The molecule has 1 saturated heterocycles. The second-order valence-corrected chi connectivity index (χ2v) is 8.01. The molecule has 4 nitrogen and oxygen atoms in total. The summed E-state index contributed by atoms with van der Waals surface area (Å²) in [4.78, 5) is 14.8. The normalized spacial score (nSPS) is 21.4. The van der Waals surface area contributed by atoms with Crippen molar-refractivity contribution in [2.24, 2.45) is 0 Å². The minimum Gasteiger partial charge on any atom is -0.381 e. The van der Waals surface area contributed by atoms with Crippen LogP contribution in [0.4, 0.5) is 5.69 Å². The summed E-state index contributed by atoms with van der Waals surface area (Å²) in [6, 6.07) is 21.4. The zero-order valence-corrected chi connectivity index (χ0v) is 15.9. The van der Waals surface area contributed by atoms with Gasteiger partial charge in [0.2, 0.25) is 5.91 Å². The van der Waals surface area contributed by atoms with Crippen molar-refractivity contribution in [3.8, 4) is 0 Å². The van der Waals surface area contributed by atoms with Crippen molar-refractivity contribution in [1.29, 1.82) is 0 Å². The van der Waals surface area contributed by atoms with Gasteiger partial charge in [-0.25, -0.2) is 0 Å². The molecule has 0 aromatic heterocycles. The molecule has 2 N–H and O–H groups in total. The van der Waals surface area contributed by atoms with Crippen molar-refractivity contribution in [1.82, 2.24) is 10.2 Å². The fourth-order valence-corrected chi connectivity index (χ4v) is 4.35. The van der Waals surface area contributed by atoms with Gasteiger partial charge >= 0.3 is 0 Å². The van der Waals surface area contributed by atoms with Crippen LogP contribution in [-0.4, -0.2) is 43.0 Å². The number of hydrogen-bond acceptors (Lipinski definition) is 3. The van der Waals surface area contributed by atoms with Gasteiger partial charge in [-0.2, -0.15) is 0 Å². The van der Waals surface area contributed by atoms with Gasteiger partial charge in [0.05, 0.1) is 6.54 Å². The summed E-state index contributed by atoms with van der Waals surface area (Å²) in [5, 5.41) is 6.78. The van der Waals surface area contributed by atoms with Gasteiger partial charge in [0, 0.05) is 36.8 Å². The van der Waals surface area contributed by atoms with E-state index in [1.54, 1.807) is 0 Å². The first kappa shape index (κ1) is 18.1. The summed E-state index contributed by atoms with van der Waals surface area (Å²) in [6.07, 6.45) is 4.67. The van der Waals surface area contributed by atoms with Gasteiger partial charge in [0.1, 0.15) is 0 Å². The Morgan fingerprint density at radius 3 is 2.41 bits per heavy atom. The first-order valence-corrected chi connectivity index (χ1v) is 10.1. The lowest BCUT2D eigenvalue weighted by Gasteiger charge is -2.42. The maximum atomic E-state index is 12.5. The van der Waals surface area contributed by atoms with Crippen LogP contribution >= 0.6 is 0 Å². The summed E-state index contributed by atoms with van der Waals surface area (Å²) in [6.45, 7) is 3.15. The molecule has 0 radical (unpaired) electrons. The Morgan fingerprint density at radius 2 is 1.74 bits per heavy atom. The van der Waals surface area contributed by atoms with E-state index >= 15 is 0 Å². The molecule has 0 bridgehead atoms. The largest absolute Gasteiger partial charge is 0.381 e. The summed E-state index contributed by atoms with van der Waals surface area (Å²) < 4.78 is 0. The lowest BCUT2D eigenvalue weighted by atomic mass is 9.64. The molecule has 4 rings (SSSR count). The number of nitrogens with zero attached hydrogens (tertiary/aromatic N) is 1. The van der Waals surface area contributed by atoms with Gasteiger partial charge in [0.15, 0.2) is 0 Å². The Labute approximate surface area is 162 Å². The maximum Gasteiger partial charge on any atom is 0.234 e. The number of carbonyl (C=O) groups excluding carboxylic acids is 1. The van der Waals surface area contributed by atoms with Crippen molar-refractivity contribution in [2.75, 3.05) is 31.5 Å². The quantitative estimate of drug-likeness (QED) is 0.792. The number of likely N-dealkylation sites (tertiary alicyclic amines) is 1. The third-order valence-corrected chi connectivity index (χ3v) is 6.10. The lowest BCUT2D eigenvalue weighted by Crippen LogP contribution is -2.47. The first-order valence-electron chi connectivity index (χ1n) is 10.1. The van der Waals surface area contributed by atoms with Gasteiger partial charge in [-0.3, -0.25) is 9.69 Å². The number of benzene rings is 2. The predicted octanol–water partition coefficient (Wildman–Crippen LogP) is 3.41. The maximum absolute atomic E-state index is 12.5. The summed E-state index contributed by atoms with van der Waals surface area (Å²) in [5.74, 6) is 0.151. The van der Waals surface area contributed by atoms with Gasteiger partial charge in [0.25, 0.3) is 0 Å². The molecule has 2 aromatic rings. The van der Waals surface area contributed by atoms with Crippen molar-refractivity contribution in [3.05, 3.63) is 66.2 Å². The molecule has 1 atom stereocenters. The lowest BCUT2D eigenvalue weighted by molar-refractivity contribution is -0.122. The topological polar surface area (TPSA) is 44.4 Å². The number of para-hydroxylation sites is 1. The van der Waals surface area contributed by atoms with Crippen LogP contribution in [0.2, 0.25) is 0 Å². The fraction of sp³-hybridized carbons (Fsp3) is 0.435. The molecule has 4 heteroatoms. The van der Waals surface area contributed by atoms with E-state index in [0.29, 0.717) is 12.6 Å². The number of amides is 1. The molecular weight excluding hydrogens is 334 g/mol. The number of carbonyl (C=O) groups is 1. The Hall–Kier alpha value is -2.33. The van der Waals surface area contributed by atoms with E-state index in [4.69, 9.17) is 0 Å². The molecule has 1 aliphatic heterocycles. The highest BCUT2D eigenvalue weighted by Gasteiger charge is 2.38. The zero-order chi connectivity index (χ0) is 18.5. The summed E-state index contributed by atoms with van der Waals surface area (Å²) in [5.41, 5.74) is 2.67. The second kappa shape index (κ2) is 8.13. The van der Waals surface area contributed by atoms with Crippen LogP contribution in [0.1, 0.15) is 31.2 Å². The Morgan fingerprint density at radius 1 is 1.04 bits per heavy atom. The Kier molecular flexibility index (Phi) is 5.44. The Bertz CT molecular complexity index is 743. The van der Waals surface area contributed by atoms with Crippen molar-refractivity contribution in [2.45, 2.75) is 37.1 Å². The van der Waals surface area contributed by atoms with Crippen LogP contribution in [0.3, 0.4) is 0 Å². The van der Waals surface area contributed by atoms with E-state index in [9.17, 15) is 4.79 Å². The number of anilines is 1. The smallest absolute Gasteiger partial charge is 0.234 e. The van der Waals surface area contributed by atoms with Crippen molar-refractivity contribution >= 4 is 11.6 Å². The van der Waals surface area contributed by atoms with Crippen molar-refractivity contribution < 1.29 is 4.79 Å². The standard InChI is InChI=1S/C23H29N3O/c27-22(24-18-23(13-7-14-23)19-8-3-1-4-9-19)17-26-15-12-21(16-26)25-20-10-5-2-6-11-20/h1-6,8-11,21,25H,7,12-18H2,(H,24,27). The van der Waals surface area contributed by atoms with E-state index in [1.807, 2.05) is 18.2 Å². The Balaban J connectivity index is 1.24. The number of hydrogen-bond donors (Lipinski definition) is 2. The molecule has 142 valence electrons. The molecule has 1 amide bonds. The molecule has 27 heavy (non-hydrogen) atoms. The molecule has 1 aliphatic carbocycles. The van der Waals surface area contributed by atoms with E-state index in [0.717, 1.165) is 31.7 Å². The highest BCUT2D eigenvalue weighted by atomic mass is 16.2. The predicted molar refractivity (Wildman–Crippen MR) is 110 cm³/mol. The third-order valence-electron chi connectivity index (χ3n) is 6.10. The van der Waals surface area contributed by atoms with Crippen LogP contribution < -0.4 is 10.6 Å². The SMILES string of the molecule is O=C(CN1CCC(Nc2ccccc2)C1)NCC1(c2ccccc2)CCC1. The summed E-state index contributed by atoms with van der Waals surface area (Å²) >= 11 is 0. The summed E-state index contributed by atoms with van der Waals surface area (Å²) in [7, 11) is 0. The number of rotatable bonds is 7. The molecule has 2 aromatic carbocycles. The minimum atomic E-state index is 0.151. The molecule has 2 aliphatic rings. The van der Waals surface area contributed by atoms with E-state index in [2.05, 4.69) is 58.0 Å². The van der Waals surface area contributed by atoms with Crippen LogP contribution in [-0.2, 0) is 10.2 Å². The first-order chi connectivity index (χ1) is 13.2. The highest BCUT2D eigenvalue weighted by molar-refractivity contribution is 5.78. The van der Waals surface area contributed by atoms with Crippen molar-refractivity contribution in [3.63, 3.8) is 0 Å². The van der Waals surface area contributed by atoms with Crippen LogP contribution in [0, 0.1) is 0 Å².